The van der Waals surface area contributed by atoms with Crippen molar-refractivity contribution in [2.75, 3.05) is 5.73 Å². The molecule has 2 aromatic rings. The number of hydrogen-bond donors (Lipinski definition) is 2. The van der Waals surface area contributed by atoms with Crippen LogP contribution in [0.4, 0.5) is 5.69 Å². The van der Waals surface area contributed by atoms with E-state index in [1.165, 1.54) is 12.4 Å². The molecule has 0 atom stereocenters. The molecule has 0 bridgehead atoms. The third-order valence-electron chi connectivity index (χ3n) is 2.45. The molecular formula is C12H14N4O2. The summed E-state index contributed by atoms with van der Waals surface area (Å²) in [6, 6.07) is 1.58. The van der Waals surface area contributed by atoms with Gasteiger partial charge in [0.25, 0.3) is 5.91 Å². The second kappa shape index (κ2) is 5.31. The van der Waals surface area contributed by atoms with Gasteiger partial charge >= 0.3 is 0 Å². The molecule has 0 unspecified atom stereocenters. The number of aromatic nitrogens is 2. The lowest BCUT2D eigenvalue weighted by Crippen LogP contribution is -2.24. The maximum atomic E-state index is 11.8. The number of oxazole rings is 1. The quantitative estimate of drug-likeness (QED) is 0.843. The largest absolute Gasteiger partial charge is 0.444 e. The van der Waals surface area contributed by atoms with Crippen LogP contribution in [0.15, 0.2) is 29.1 Å². The van der Waals surface area contributed by atoms with E-state index in [2.05, 4.69) is 15.3 Å². The van der Waals surface area contributed by atoms with Gasteiger partial charge in [0, 0.05) is 24.5 Å². The van der Waals surface area contributed by atoms with Crippen molar-refractivity contribution in [3.63, 3.8) is 0 Å². The Hall–Kier alpha value is -2.37. The van der Waals surface area contributed by atoms with Crippen molar-refractivity contribution in [2.24, 2.45) is 0 Å². The van der Waals surface area contributed by atoms with Crippen LogP contribution in [-0.4, -0.2) is 15.9 Å². The normalized spacial score (nSPS) is 10.3. The standard InChI is InChI=1S/C12H14N4O2/c1-2-8-5-15-11(18-8)7-16-12(17)9-6-14-4-3-10(9)13/h3-6H,2,7H2,1H3,(H2,13,14)(H,16,17). The summed E-state index contributed by atoms with van der Waals surface area (Å²) < 4.78 is 5.38. The molecule has 0 aromatic carbocycles. The highest BCUT2D eigenvalue weighted by molar-refractivity contribution is 5.98. The van der Waals surface area contributed by atoms with Gasteiger partial charge in [-0.3, -0.25) is 9.78 Å². The minimum atomic E-state index is -0.295. The van der Waals surface area contributed by atoms with E-state index in [4.69, 9.17) is 10.2 Å². The number of hydrogen-bond acceptors (Lipinski definition) is 5. The lowest BCUT2D eigenvalue weighted by Gasteiger charge is -2.04. The number of carbonyl (C=O) groups excluding carboxylic acids is 1. The SMILES string of the molecule is CCc1cnc(CNC(=O)c2cnccc2N)o1. The van der Waals surface area contributed by atoms with E-state index >= 15 is 0 Å². The molecule has 1 amide bonds. The number of pyridine rings is 1. The molecule has 0 fully saturated rings. The van der Waals surface area contributed by atoms with Crippen LogP contribution in [0.1, 0.15) is 28.9 Å². The lowest BCUT2D eigenvalue weighted by atomic mass is 10.2. The summed E-state index contributed by atoms with van der Waals surface area (Å²) in [7, 11) is 0. The van der Waals surface area contributed by atoms with E-state index in [1.54, 1.807) is 12.3 Å². The molecule has 0 radical (unpaired) electrons. The predicted octanol–water partition coefficient (Wildman–Crippen LogP) is 1.14. The van der Waals surface area contributed by atoms with Crippen LogP contribution in [0.2, 0.25) is 0 Å². The summed E-state index contributed by atoms with van der Waals surface area (Å²) in [6.07, 6.45) is 5.39. The molecule has 0 saturated heterocycles. The molecule has 18 heavy (non-hydrogen) atoms. The Morgan fingerprint density at radius 2 is 2.33 bits per heavy atom. The van der Waals surface area contributed by atoms with Gasteiger partial charge in [0.1, 0.15) is 5.76 Å². The highest BCUT2D eigenvalue weighted by Crippen LogP contribution is 2.09. The fourth-order valence-corrected chi connectivity index (χ4v) is 1.44. The summed E-state index contributed by atoms with van der Waals surface area (Å²) in [6.45, 7) is 2.20. The molecule has 2 aromatic heterocycles. The van der Waals surface area contributed by atoms with Gasteiger partial charge in [-0.2, -0.15) is 0 Å². The molecule has 0 aliphatic rings. The van der Waals surface area contributed by atoms with Crippen LogP contribution in [0.3, 0.4) is 0 Å². The van der Waals surface area contributed by atoms with Gasteiger partial charge in [0.2, 0.25) is 5.89 Å². The van der Waals surface area contributed by atoms with Crippen molar-refractivity contribution >= 4 is 11.6 Å². The summed E-state index contributed by atoms with van der Waals surface area (Å²) in [5.74, 6) is 0.972. The highest BCUT2D eigenvalue weighted by Gasteiger charge is 2.10. The van der Waals surface area contributed by atoms with Crippen molar-refractivity contribution in [1.29, 1.82) is 0 Å². The third kappa shape index (κ3) is 2.65. The molecule has 6 heteroatoms. The number of nitrogens with two attached hydrogens (primary N) is 1. The average molecular weight is 246 g/mol. The second-order valence-electron chi connectivity index (χ2n) is 3.72. The van der Waals surface area contributed by atoms with Crippen molar-refractivity contribution in [3.05, 3.63) is 41.9 Å². The van der Waals surface area contributed by atoms with Crippen molar-refractivity contribution < 1.29 is 9.21 Å². The average Bonchev–Trinajstić information content (AvgIpc) is 2.84. The van der Waals surface area contributed by atoms with E-state index in [-0.39, 0.29) is 12.5 Å². The van der Waals surface area contributed by atoms with E-state index in [9.17, 15) is 4.79 Å². The number of amides is 1. The molecular weight excluding hydrogens is 232 g/mol. The molecule has 3 N–H and O–H groups in total. The smallest absolute Gasteiger partial charge is 0.255 e. The van der Waals surface area contributed by atoms with Crippen LogP contribution >= 0.6 is 0 Å². The summed E-state index contributed by atoms with van der Waals surface area (Å²) in [4.78, 5) is 19.7. The Balaban J connectivity index is 1.98. The highest BCUT2D eigenvalue weighted by atomic mass is 16.4. The molecule has 6 nitrogen and oxygen atoms in total. The Morgan fingerprint density at radius 1 is 1.50 bits per heavy atom. The van der Waals surface area contributed by atoms with Gasteiger partial charge in [0.05, 0.1) is 18.3 Å². The Labute approximate surface area is 104 Å². The summed E-state index contributed by atoms with van der Waals surface area (Å²) in [5.41, 5.74) is 6.42. The van der Waals surface area contributed by atoms with Crippen LogP contribution in [0.5, 0.6) is 0 Å². The van der Waals surface area contributed by atoms with Crippen LogP contribution in [0.25, 0.3) is 0 Å². The third-order valence-corrected chi connectivity index (χ3v) is 2.45. The van der Waals surface area contributed by atoms with Gasteiger partial charge in [-0.25, -0.2) is 4.98 Å². The van der Waals surface area contributed by atoms with Gasteiger partial charge in [-0.1, -0.05) is 6.92 Å². The number of carbonyl (C=O) groups is 1. The Morgan fingerprint density at radius 3 is 3.00 bits per heavy atom. The molecule has 94 valence electrons. The zero-order valence-corrected chi connectivity index (χ0v) is 10.0. The van der Waals surface area contributed by atoms with Crippen molar-refractivity contribution in [1.82, 2.24) is 15.3 Å². The van der Waals surface area contributed by atoms with Gasteiger partial charge < -0.3 is 15.5 Å². The maximum Gasteiger partial charge on any atom is 0.255 e. The van der Waals surface area contributed by atoms with Gasteiger partial charge in [-0.15, -0.1) is 0 Å². The van der Waals surface area contributed by atoms with E-state index in [1.807, 2.05) is 6.92 Å². The summed E-state index contributed by atoms with van der Waals surface area (Å²) in [5, 5.41) is 2.68. The number of nitrogens with one attached hydrogen (secondary N) is 1. The van der Waals surface area contributed by atoms with Gasteiger partial charge in [0.15, 0.2) is 0 Å². The minimum Gasteiger partial charge on any atom is -0.444 e. The first-order valence-corrected chi connectivity index (χ1v) is 5.62. The Bertz CT molecular complexity index is 551. The van der Waals surface area contributed by atoms with Crippen LogP contribution in [0, 0.1) is 0 Å². The second-order valence-corrected chi connectivity index (χ2v) is 3.72. The van der Waals surface area contributed by atoms with Crippen molar-refractivity contribution in [2.45, 2.75) is 19.9 Å². The first-order chi connectivity index (χ1) is 8.70. The van der Waals surface area contributed by atoms with E-state index in [0.29, 0.717) is 17.1 Å². The first kappa shape index (κ1) is 12.1. The van der Waals surface area contributed by atoms with Crippen molar-refractivity contribution in [3.8, 4) is 0 Å². The number of aryl methyl sites for hydroxylation is 1. The molecule has 0 aliphatic heterocycles. The maximum absolute atomic E-state index is 11.8. The minimum absolute atomic E-state index is 0.229. The Kier molecular flexibility index (Phi) is 3.57. The van der Waals surface area contributed by atoms with E-state index in [0.717, 1.165) is 12.2 Å². The van der Waals surface area contributed by atoms with Crippen LogP contribution in [-0.2, 0) is 13.0 Å². The zero-order chi connectivity index (χ0) is 13.0. The zero-order valence-electron chi connectivity index (χ0n) is 10.0. The van der Waals surface area contributed by atoms with E-state index < -0.39 is 0 Å². The topological polar surface area (TPSA) is 94.0 Å². The fourth-order valence-electron chi connectivity index (χ4n) is 1.44. The monoisotopic (exact) mass is 246 g/mol. The van der Waals surface area contributed by atoms with Gasteiger partial charge in [-0.05, 0) is 6.07 Å². The fraction of sp³-hybridized carbons (Fsp3) is 0.250. The van der Waals surface area contributed by atoms with Crippen LogP contribution < -0.4 is 11.1 Å². The number of nitrogens with zero attached hydrogens (tertiary/aromatic N) is 2. The molecule has 0 saturated carbocycles. The lowest BCUT2D eigenvalue weighted by molar-refractivity contribution is 0.0947. The molecule has 2 rings (SSSR count). The number of nitrogen functional groups attached to an aromatic ring is 1. The molecule has 0 spiro atoms. The number of anilines is 1. The predicted molar refractivity (Wildman–Crippen MR) is 65.7 cm³/mol. The number of rotatable bonds is 4. The first-order valence-electron chi connectivity index (χ1n) is 5.62. The molecule has 0 aliphatic carbocycles. The summed E-state index contributed by atoms with van der Waals surface area (Å²) >= 11 is 0. The molecule has 2 heterocycles.